The molecular formula is C12H14N2O. The maximum Gasteiger partial charge on any atom is 0.271 e. The summed E-state index contributed by atoms with van der Waals surface area (Å²) in [4.78, 5) is 11.5. The van der Waals surface area contributed by atoms with Crippen molar-refractivity contribution >= 4 is 12.1 Å². The van der Waals surface area contributed by atoms with Crippen LogP contribution in [0, 0.1) is 6.92 Å². The second-order valence-electron chi connectivity index (χ2n) is 3.11. The second kappa shape index (κ2) is 5.75. The minimum absolute atomic E-state index is 0.198. The molecule has 0 atom stereocenters. The lowest BCUT2D eigenvalue weighted by atomic mass is 10.1. The molecule has 0 bridgehead atoms. The van der Waals surface area contributed by atoms with Crippen LogP contribution in [0.15, 0.2) is 41.5 Å². The molecule has 0 saturated carbocycles. The molecule has 0 fully saturated rings. The van der Waals surface area contributed by atoms with Crippen LogP contribution in [0.25, 0.3) is 0 Å². The van der Waals surface area contributed by atoms with Crippen LogP contribution in [0.1, 0.15) is 22.8 Å². The van der Waals surface area contributed by atoms with Crippen LogP contribution in [0.4, 0.5) is 0 Å². The molecule has 1 amide bonds. The predicted octanol–water partition coefficient (Wildman–Crippen LogP) is 2.29. The van der Waals surface area contributed by atoms with Crippen LogP contribution in [-0.2, 0) is 0 Å². The van der Waals surface area contributed by atoms with Gasteiger partial charge in [-0.2, -0.15) is 5.10 Å². The van der Waals surface area contributed by atoms with Crippen molar-refractivity contribution in [2.24, 2.45) is 5.10 Å². The van der Waals surface area contributed by atoms with E-state index >= 15 is 0 Å². The van der Waals surface area contributed by atoms with Gasteiger partial charge in [-0.1, -0.05) is 23.8 Å². The average molecular weight is 202 g/mol. The van der Waals surface area contributed by atoms with E-state index in [1.807, 2.05) is 32.1 Å². The summed E-state index contributed by atoms with van der Waals surface area (Å²) in [5.41, 5.74) is 4.17. The van der Waals surface area contributed by atoms with E-state index in [2.05, 4.69) is 10.5 Å². The lowest BCUT2D eigenvalue weighted by Crippen LogP contribution is -2.17. The summed E-state index contributed by atoms with van der Waals surface area (Å²) in [6.07, 6.45) is 5.11. The van der Waals surface area contributed by atoms with Gasteiger partial charge in [0, 0.05) is 11.8 Å². The molecule has 0 aliphatic heterocycles. The SMILES string of the molecule is CC=CC=NNC(=O)c1ccc(C)cc1. The molecule has 1 aromatic rings. The topological polar surface area (TPSA) is 41.5 Å². The highest BCUT2D eigenvalue weighted by Crippen LogP contribution is 2.02. The Morgan fingerprint density at radius 3 is 2.60 bits per heavy atom. The normalized spacial score (nSPS) is 11.1. The van der Waals surface area contributed by atoms with Crippen molar-refractivity contribution in [3.05, 3.63) is 47.5 Å². The molecule has 1 aromatic carbocycles. The standard InChI is InChI=1S/C12H14N2O/c1-3-4-9-13-14-12(15)11-7-5-10(2)6-8-11/h3-9H,1-2H3,(H,14,15). The number of aryl methyl sites for hydroxylation is 1. The Balaban J connectivity index is 2.58. The quantitative estimate of drug-likeness (QED) is 0.593. The number of carbonyl (C=O) groups excluding carboxylic acids is 1. The first-order valence-corrected chi connectivity index (χ1v) is 4.75. The Morgan fingerprint density at radius 1 is 1.33 bits per heavy atom. The number of rotatable bonds is 3. The molecule has 0 aliphatic carbocycles. The molecule has 1 rings (SSSR count). The zero-order valence-corrected chi connectivity index (χ0v) is 8.90. The number of nitrogens with one attached hydrogen (secondary N) is 1. The summed E-state index contributed by atoms with van der Waals surface area (Å²) in [5, 5.41) is 3.75. The Kier molecular flexibility index (Phi) is 4.29. The van der Waals surface area contributed by atoms with Gasteiger partial charge in [-0.3, -0.25) is 4.79 Å². The van der Waals surface area contributed by atoms with Crippen LogP contribution in [0.3, 0.4) is 0 Å². The predicted molar refractivity (Wildman–Crippen MR) is 62.0 cm³/mol. The maximum atomic E-state index is 11.5. The van der Waals surface area contributed by atoms with Gasteiger partial charge in [0.1, 0.15) is 0 Å². The Hall–Kier alpha value is -1.90. The van der Waals surface area contributed by atoms with E-state index < -0.39 is 0 Å². The first-order valence-electron chi connectivity index (χ1n) is 4.75. The number of carbonyl (C=O) groups is 1. The fourth-order valence-electron chi connectivity index (χ4n) is 0.994. The van der Waals surface area contributed by atoms with E-state index in [0.717, 1.165) is 5.56 Å². The molecule has 0 spiro atoms. The molecule has 3 nitrogen and oxygen atoms in total. The summed E-state index contributed by atoms with van der Waals surface area (Å²) in [5.74, 6) is -0.198. The summed E-state index contributed by atoms with van der Waals surface area (Å²) in [6, 6.07) is 7.33. The third-order valence-corrected chi connectivity index (χ3v) is 1.83. The number of hydrogen-bond acceptors (Lipinski definition) is 2. The molecule has 1 N–H and O–H groups in total. The third-order valence-electron chi connectivity index (χ3n) is 1.83. The molecule has 0 aliphatic rings. The van der Waals surface area contributed by atoms with Gasteiger partial charge in [0.25, 0.3) is 5.91 Å². The van der Waals surface area contributed by atoms with Crippen molar-refractivity contribution in [2.75, 3.05) is 0 Å². The number of hydrazone groups is 1. The van der Waals surface area contributed by atoms with Crippen molar-refractivity contribution < 1.29 is 4.79 Å². The van der Waals surface area contributed by atoms with Crippen LogP contribution in [0.2, 0.25) is 0 Å². The first kappa shape index (κ1) is 11.2. The van der Waals surface area contributed by atoms with Crippen molar-refractivity contribution in [1.29, 1.82) is 0 Å². The fourth-order valence-corrected chi connectivity index (χ4v) is 0.994. The molecule has 0 heterocycles. The van der Waals surface area contributed by atoms with E-state index in [1.165, 1.54) is 6.21 Å². The van der Waals surface area contributed by atoms with E-state index in [0.29, 0.717) is 5.56 Å². The largest absolute Gasteiger partial charge is 0.271 e. The van der Waals surface area contributed by atoms with E-state index in [1.54, 1.807) is 18.2 Å². The van der Waals surface area contributed by atoms with Crippen LogP contribution in [-0.4, -0.2) is 12.1 Å². The molecule has 3 heteroatoms. The zero-order valence-electron chi connectivity index (χ0n) is 8.90. The molecule has 0 saturated heterocycles. The summed E-state index contributed by atoms with van der Waals surface area (Å²) >= 11 is 0. The van der Waals surface area contributed by atoms with Gasteiger partial charge in [0.2, 0.25) is 0 Å². The smallest absolute Gasteiger partial charge is 0.267 e. The van der Waals surface area contributed by atoms with E-state index in [9.17, 15) is 4.79 Å². The molecular weight excluding hydrogens is 188 g/mol. The number of nitrogens with zero attached hydrogens (tertiary/aromatic N) is 1. The lowest BCUT2D eigenvalue weighted by molar-refractivity contribution is 0.0955. The number of benzene rings is 1. The molecule has 0 radical (unpaired) electrons. The minimum atomic E-state index is -0.198. The van der Waals surface area contributed by atoms with Gasteiger partial charge < -0.3 is 0 Å². The first-order chi connectivity index (χ1) is 7.24. The summed E-state index contributed by atoms with van der Waals surface area (Å²) < 4.78 is 0. The van der Waals surface area contributed by atoms with E-state index in [4.69, 9.17) is 0 Å². The second-order valence-corrected chi connectivity index (χ2v) is 3.11. The maximum absolute atomic E-state index is 11.5. The lowest BCUT2D eigenvalue weighted by Gasteiger charge is -1.99. The molecule has 0 unspecified atom stereocenters. The number of allylic oxidation sites excluding steroid dienone is 2. The Labute approximate surface area is 89.5 Å². The highest BCUT2D eigenvalue weighted by molar-refractivity contribution is 5.94. The van der Waals surface area contributed by atoms with Gasteiger partial charge in [-0.15, -0.1) is 0 Å². The van der Waals surface area contributed by atoms with Gasteiger partial charge in [0.15, 0.2) is 0 Å². The summed E-state index contributed by atoms with van der Waals surface area (Å²) in [7, 11) is 0. The van der Waals surface area contributed by atoms with Gasteiger partial charge in [-0.05, 0) is 32.1 Å². The van der Waals surface area contributed by atoms with Crippen LogP contribution in [0.5, 0.6) is 0 Å². The molecule has 15 heavy (non-hydrogen) atoms. The number of hydrogen-bond donors (Lipinski definition) is 1. The summed E-state index contributed by atoms with van der Waals surface area (Å²) in [6.45, 7) is 3.86. The third kappa shape index (κ3) is 3.77. The average Bonchev–Trinajstić information content (AvgIpc) is 2.25. The highest BCUT2D eigenvalue weighted by Gasteiger charge is 2.01. The van der Waals surface area contributed by atoms with Gasteiger partial charge in [-0.25, -0.2) is 5.43 Å². The Bertz CT molecular complexity index is 377. The number of amides is 1. The van der Waals surface area contributed by atoms with Gasteiger partial charge >= 0.3 is 0 Å². The Morgan fingerprint density at radius 2 is 2.00 bits per heavy atom. The van der Waals surface area contributed by atoms with Crippen molar-refractivity contribution in [3.63, 3.8) is 0 Å². The van der Waals surface area contributed by atoms with Crippen LogP contribution < -0.4 is 5.43 Å². The fraction of sp³-hybridized carbons (Fsp3) is 0.167. The highest BCUT2D eigenvalue weighted by atomic mass is 16.2. The van der Waals surface area contributed by atoms with Gasteiger partial charge in [0.05, 0.1) is 0 Å². The minimum Gasteiger partial charge on any atom is -0.267 e. The van der Waals surface area contributed by atoms with Crippen molar-refractivity contribution in [1.82, 2.24) is 5.43 Å². The van der Waals surface area contributed by atoms with Crippen molar-refractivity contribution in [2.45, 2.75) is 13.8 Å². The monoisotopic (exact) mass is 202 g/mol. The zero-order chi connectivity index (χ0) is 11.1. The van der Waals surface area contributed by atoms with E-state index in [-0.39, 0.29) is 5.91 Å². The van der Waals surface area contributed by atoms with Crippen molar-refractivity contribution in [3.8, 4) is 0 Å². The molecule has 78 valence electrons. The van der Waals surface area contributed by atoms with Crippen LogP contribution >= 0.6 is 0 Å². The molecule has 0 aromatic heterocycles.